The monoisotopic (exact) mass is 265 g/mol. The third-order valence-electron chi connectivity index (χ3n) is 3.18. The Morgan fingerprint density at radius 1 is 1.15 bits per heavy atom. The highest BCUT2D eigenvalue weighted by atomic mass is 16.5. The zero-order valence-electron chi connectivity index (χ0n) is 11.2. The predicted octanol–water partition coefficient (Wildman–Crippen LogP) is 2.97. The molecule has 0 aliphatic heterocycles. The van der Waals surface area contributed by atoms with Gasteiger partial charge in [0, 0.05) is 5.56 Å². The molecule has 0 fully saturated rings. The Morgan fingerprint density at radius 3 is 2.60 bits per heavy atom. The van der Waals surface area contributed by atoms with Crippen molar-refractivity contribution >= 4 is 16.7 Å². The molecule has 0 aliphatic carbocycles. The van der Waals surface area contributed by atoms with Gasteiger partial charge >= 0.3 is 0 Å². The molecule has 100 valence electrons. The molecule has 0 aliphatic rings. The maximum atomic E-state index is 11.9. The Kier molecular flexibility index (Phi) is 3.21. The van der Waals surface area contributed by atoms with Gasteiger partial charge in [0.1, 0.15) is 5.21 Å². The van der Waals surface area contributed by atoms with E-state index in [9.17, 15) is 5.21 Å². The van der Waals surface area contributed by atoms with Crippen LogP contribution in [0.1, 0.15) is 18.9 Å². The summed E-state index contributed by atoms with van der Waals surface area (Å²) in [5.41, 5.74) is 3.36. The molecule has 20 heavy (non-hydrogen) atoms. The topological polar surface area (TPSA) is 44.8 Å². The fourth-order valence-electron chi connectivity index (χ4n) is 2.29. The Labute approximate surface area is 117 Å². The van der Waals surface area contributed by atoms with Gasteiger partial charge < -0.3 is 5.21 Å². The van der Waals surface area contributed by atoms with Crippen molar-refractivity contribution in [3.05, 3.63) is 71.4 Å². The number of aromatic nitrogens is 3. The van der Waals surface area contributed by atoms with Crippen LogP contribution in [0.2, 0.25) is 0 Å². The summed E-state index contributed by atoms with van der Waals surface area (Å²) in [6.45, 7) is 2.07. The first-order valence-electron chi connectivity index (χ1n) is 6.65. The molecule has 0 radical (unpaired) electrons. The highest BCUT2D eigenvalue weighted by Gasteiger charge is 2.18. The number of allylic oxidation sites excluding steroid dienone is 1. The third-order valence-corrected chi connectivity index (χ3v) is 3.18. The lowest BCUT2D eigenvalue weighted by Gasteiger charge is -2.02. The maximum Gasteiger partial charge on any atom is 0.205 e. The number of benzene rings is 2. The van der Waals surface area contributed by atoms with Gasteiger partial charge in [0.15, 0.2) is 5.70 Å². The van der Waals surface area contributed by atoms with Gasteiger partial charge in [0.2, 0.25) is 11.0 Å². The van der Waals surface area contributed by atoms with Crippen molar-refractivity contribution in [3.63, 3.8) is 0 Å². The number of para-hydroxylation sites is 2. The second-order valence-electron chi connectivity index (χ2n) is 4.53. The summed E-state index contributed by atoms with van der Waals surface area (Å²) in [6, 6.07) is 17.4. The number of fused-ring (bicyclic) bond motifs is 1. The van der Waals surface area contributed by atoms with Crippen LogP contribution in [0.4, 0.5) is 0 Å². The summed E-state index contributed by atoms with van der Waals surface area (Å²) in [5.74, 6) is 0. The Hall–Kier alpha value is -2.62. The van der Waals surface area contributed by atoms with Crippen LogP contribution in [0.3, 0.4) is 0 Å². The number of hydrogen-bond acceptors (Lipinski definition) is 2. The minimum Gasteiger partial charge on any atom is -0.691 e. The highest BCUT2D eigenvalue weighted by molar-refractivity contribution is 5.79. The first kappa shape index (κ1) is 12.4. The van der Waals surface area contributed by atoms with E-state index in [1.807, 2.05) is 48.5 Å². The van der Waals surface area contributed by atoms with Crippen LogP contribution >= 0.6 is 0 Å². The van der Waals surface area contributed by atoms with E-state index in [4.69, 9.17) is 0 Å². The highest BCUT2D eigenvalue weighted by Crippen LogP contribution is 2.20. The molecule has 0 amide bonds. The lowest BCUT2D eigenvalue weighted by molar-refractivity contribution is -0.645. The molecule has 4 heteroatoms. The first-order valence-corrected chi connectivity index (χ1v) is 6.65. The Morgan fingerprint density at radius 2 is 1.85 bits per heavy atom. The summed E-state index contributed by atoms with van der Waals surface area (Å²) >= 11 is 0. The van der Waals surface area contributed by atoms with Crippen molar-refractivity contribution in [1.82, 2.24) is 9.90 Å². The van der Waals surface area contributed by atoms with Gasteiger partial charge in [-0.3, -0.25) is 0 Å². The van der Waals surface area contributed by atoms with Gasteiger partial charge in [-0.15, -0.1) is 4.85 Å². The summed E-state index contributed by atoms with van der Waals surface area (Å²) in [6.07, 6.45) is 2.95. The fourth-order valence-corrected chi connectivity index (χ4v) is 2.29. The zero-order valence-corrected chi connectivity index (χ0v) is 11.2. The molecule has 0 spiro atoms. The fraction of sp³-hybridized carbons (Fsp3) is 0.125. The lowest BCUT2D eigenvalue weighted by Crippen LogP contribution is -2.29. The quantitative estimate of drug-likeness (QED) is 0.540. The van der Waals surface area contributed by atoms with Crippen molar-refractivity contribution in [2.45, 2.75) is 13.3 Å². The molecule has 0 unspecified atom stereocenters. The summed E-state index contributed by atoms with van der Waals surface area (Å²) < 4.78 is 1.71. The number of rotatable bonds is 3. The normalized spacial score (nSPS) is 11.9. The van der Waals surface area contributed by atoms with Crippen molar-refractivity contribution in [3.8, 4) is 0 Å². The van der Waals surface area contributed by atoms with Crippen LogP contribution in [-0.2, 0) is 0 Å². The summed E-state index contributed by atoms with van der Waals surface area (Å²) in [7, 11) is 0. The Balaban J connectivity index is 2.24. The van der Waals surface area contributed by atoms with Crippen LogP contribution in [0.5, 0.6) is 0 Å². The zero-order chi connectivity index (χ0) is 13.9. The van der Waals surface area contributed by atoms with Crippen LogP contribution in [0.15, 0.2) is 60.7 Å². The van der Waals surface area contributed by atoms with Gasteiger partial charge in [0.05, 0.1) is 0 Å². The molecule has 4 nitrogen and oxygen atoms in total. The molecule has 3 aromatic rings. The van der Waals surface area contributed by atoms with E-state index >= 15 is 0 Å². The molecule has 1 heterocycles. The van der Waals surface area contributed by atoms with E-state index in [0.717, 1.165) is 23.2 Å². The third kappa shape index (κ3) is 2.05. The van der Waals surface area contributed by atoms with Gasteiger partial charge in [-0.1, -0.05) is 54.1 Å². The van der Waals surface area contributed by atoms with E-state index < -0.39 is 0 Å². The molecule has 0 saturated heterocycles. The average Bonchev–Trinajstić information content (AvgIpc) is 2.83. The van der Waals surface area contributed by atoms with Gasteiger partial charge in [-0.25, -0.2) is 0 Å². The van der Waals surface area contributed by atoms with Gasteiger partial charge in [-0.05, 0) is 24.6 Å². The van der Waals surface area contributed by atoms with E-state index in [1.54, 1.807) is 10.7 Å². The molecule has 0 N–H and O–H groups in total. The molecular weight excluding hydrogens is 250 g/mol. The van der Waals surface area contributed by atoms with Crippen LogP contribution < -0.4 is 4.85 Å². The van der Waals surface area contributed by atoms with Crippen molar-refractivity contribution in [1.29, 1.82) is 0 Å². The second kappa shape index (κ2) is 5.17. The van der Waals surface area contributed by atoms with Crippen LogP contribution in [-0.4, -0.2) is 9.90 Å². The predicted molar refractivity (Wildman–Crippen MR) is 78.8 cm³/mol. The van der Waals surface area contributed by atoms with Crippen LogP contribution in [0, 0.1) is 5.21 Å². The second-order valence-corrected chi connectivity index (χ2v) is 4.53. The summed E-state index contributed by atoms with van der Waals surface area (Å²) in [5, 5.41) is 16.0. The molecule has 0 bridgehead atoms. The van der Waals surface area contributed by atoms with Crippen molar-refractivity contribution in [2.75, 3.05) is 0 Å². The first-order chi connectivity index (χ1) is 9.81. The van der Waals surface area contributed by atoms with Gasteiger partial charge in [-0.2, -0.15) is 0 Å². The van der Waals surface area contributed by atoms with Crippen LogP contribution in [0.25, 0.3) is 16.7 Å². The average molecular weight is 265 g/mol. The standard InChI is InChI=1S/C16H15N3O/c1-2-8-14(13-9-4-3-5-10-13)18-15-11-6-7-12-16(15)19(20)17-18/h3-12H,2H2,1H3/b14-8+. The largest absolute Gasteiger partial charge is 0.691 e. The Bertz CT molecular complexity index is 760. The molecule has 2 aromatic carbocycles. The van der Waals surface area contributed by atoms with E-state index in [1.165, 1.54) is 0 Å². The van der Waals surface area contributed by atoms with Gasteiger partial charge in [0.25, 0.3) is 0 Å². The molecular formula is C16H15N3O. The molecule has 0 atom stereocenters. The number of nitrogens with zero attached hydrogens (tertiary/aromatic N) is 3. The van der Waals surface area contributed by atoms with E-state index in [-0.39, 0.29) is 0 Å². The smallest absolute Gasteiger partial charge is 0.205 e. The lowest BCUT2D eigenvalue weighted by atomic mass is 10.1. The number of hydrogen-bond donors (Lipinski definition) is 0. The van der Waals surface area contributed by atoms with Crippen molar-refractivity contribution < 1.29 is 4.85 Å². The summed E-state index contributed by atoms with van der Waals surface area (Å²) in [4.78, 5) is 0.668. The molecule has 0 saturated carbocycles. The molecule has 3 rings (SSSR count). The van der Waals surface area contributed by atoms with Crippen molar-refractivity contribution in [2.24, 2.45) is 0 Å². The SMILES string of the molecule is CC/C=C(\c1ccccc1)n1n[n+]([O-])c2ccccc21. The maximum absolute atomic E-state index is 11.9. The minimum absolute atomic E-state index is 0.574. The van der Waals surface area contributed by atoms with E-state index in [0.29, 0.717) is 10.4 Å². The minimum atomic E-state index is 0.574. The molecule has 1 aromatic heterocycles. The van der Waals surface area contributed by atoms with E-state index in [2.05, 4.69) is 18.2 Å².